The molecule has 138 heavy (non-hydrogen) atoms. The van der Waals surface area contributed by atoms with Gasteiger partial charge in [0.2, 0.25) is 11.8 Å². The third kappa shape index (κ3) is 72.2. The molecule has 2 amide bonds. The Labute approximate surface area is 839 Å². The average molecular weight is 1980 g/mol. The fraction of sp³-hybridized carbons (Fsp3) is 0.920. The Morgan fingerprint density at radius 1 is 0.319 bits per heavy atom. The van der Waals surface area contributed by atoms with E-state index in [1.54, 1.807) is 0 Å². The summed E-state index contributed by atoms with van der Waals surface area (Å²) in [6.07, 6.45) is 56.5. The van der Waals surface area contributed by atoms with Crippen LogP contribution in [0, 0.1) is 0 Å². The topological polar surface area (TPSA) is 365 Å². The molecule has 0 aromatic carbocycles. The van der Waals surface area contributed by atoms with Crippen LogP contribution in [0.1, 0.15) is 562 Å². The zero-order valence-corrected chi connectivity index (χ0v) is 89.7. The number of esters is 5. The molecule has 10 unspecified atom stereocenters. The second-order valence-corrected chi connectivity index (χ2v) is 41.9. The van der Waals surface area contributed by atoms with Gasteiger partial charge < -0.3 is 78.7 Å². The fourth-order valence-electron chi connectivity index (χ4n) is 19.0. The molecule has 25 nitrogen and oxygen atoms in total. The van der Waals surface area contributed by atoms with Crippen LogP contribution in [0.2, 0.25) is 0 Å². The van der Waals surface area contributed by atoms with Gasteiger partial charge in [-0.3, -0.25) is 38.1 Å². The first-order chi connectivity index (χ1) is 67.1. The normalized spacial score (nSPS) is 19.3. The molecule has 0 radical (unpaired) electrons. The largest absolute Gasteiger partial charge is 0.472 e. The number of ether oxygens (including phenoxy) is 8. The van der Waals surface area contributed by atoms with Gasteiger partial charge in [0.25, 0.3) is 0 Å². The smallest absolute Gasteiger partial charge is 0.462 e. The maximum absolute atomic E-state index is 15.2. The van der Waals surface area contributed by atoms with Crippen LogP contribution >= 0.6 is 7.82 Å². The highest BCUT2D eigenvalue weighted by Crippen LogP contribution is 2.42. The summed E-state index contributed by atoms with van der Waals surface area (Å²) >= 11 is 0. The third-order valence-corrected chi connectivity index (χ3v) is 28.0. The van der Waals surface area contributed by atoms with Gasteiger partial charge in [0, 0.05) is 19.3 Å². The Bertz CT molecular complexity index is 2980. The summed E-state index contributed by atoms with van der Waals surface area (Å²) in [6.45, 7) is 13.5. The number of aliphatic hydroxyl groups is 4. The molecule has 8 N–H and O–H groups in total. The summed E-state index contributed by atoms with van der Waals surface area (Å²) in [7, 11) is -5.68. The third-order valence-electron chi connectivity index (χ3n) is 27.5. The average Bonchev–Trinajstić information content (AvgIpc) is 0.782. The summed E-state index contributed by atoms with van der Waals surface area (Å²) in [6, 6.07) is -3.62. The first-order valence-electron chi connectivity index (χ1n) is 57.6. The van der Waals surface area contributed by atoms with Crippen molar-refractivity contribution >= 4 is 49.5 Å². The highest BCUT2D eigenvalue weighted by molar-refractivity contribution is 7.46. The number of aliphatic hydroxyl groups excluding tert-OH is 4. The van der Waals surface area contributed by atoms with E-state index >= 15 is 4.79 Å². The van der Waals surface area contributed by atoms with Crippen LogP contribution in [-0.4, -0.2) is 171 Å². The zero-order valence-electron chi connectivity index (χ0n) is 88.8. The molecule has 0 aliphatic carbocycles. The quantitative estimate of drug-likeness (QED) is 0.00922. The number of unbranched alkanes of at least 4 members (excludes halogenated alkanes) is 61. The molecule has 2 rings (SSSR count). The van der Waals surface area contributed by atoms with E-state index in [1.807, 2.05) is 0 Å². The van der Waals surface area contributed by atoms with Gasteiger partial charge in [-0.1, -0.05) is 439 Å². The number of phosphoric acid groups is 1. The Morgan fingerprint density at radius 2 is 0.572 bits per heavy atom. The Morgan fingerprint density at radius 3 is 0.884 bits per heavy atom. The summed E-state index contributed by atoms with van der Waals surface area (Å²) in [5.74, 6) is -5.01. The molecular weight excluding hydrogens is 1770 g/mol. The molecule has 2 aliphatic heterocycles. The molecule has 0 saturated carbocycles. The van der Waals surface area contributed by atoms with E-state index in [1.165, 1.54) is 154 Å². The van der Waals surface area contributed by atoms with Crippen molar-refractivity contribution in [1.29, 1.82) is 0 Å². The van der Waals surface area contributed by atoms with Crippen molar-refractivity contribution in [3.05, 3.63) is 12.2 Å². The first-order valence-corrected chi connectivity index (χ1v) is 59.1. The van der Waals surface area contributed by atoms with E-state index in [2.05, 4.69) is 71.3 Å². The molecular formula is C112H209N2O23P. The van der Waals surface area contributed by atoms with Gasteiger partial charge in [0.05, 0.1) is 45.0 Å². The number of hydrogen-bond donors (Lipinski definition) is 8. The molecule has 2 heterocycles. The molecule has 14 atom stereocenters. The van der Waals surface area contributed by atoms with Crippen molar-refractivity contribution in [1.82, 2.24) is 10.6 Å². The van der Waals surface area contributed by atoms with Crippen LogP contribution in [0.25, 0.3) is 0 Å². The standard InChI is InChI=1S/C112H209N2O23P/c1-8-15-22-29-36-43-45-47-49-56-63-70-76-83-100(119)130-93(80-73-66-59-52-39-32-25-18-11-4)87-98(117)113-105-109(136-104(123)89-95(82-75-68-61-54-41-34-27-20-13-6)132-102(121)85-78-69-62-55-42-35-28-21-14-7)107(124)96(90-115)133-111(105)129-91-97-108(125)110(135-103(122)86-92(116)79-72-65-58-51-38-31-24-17-10-3)106(112(134-97)137-138(126,127)128)114-99(118)88-94(81-74-67-60-53-40-33-26-19-12-5)131-101(120)84-77-71-64-57-50-48-46-44-37-30-23-16-9-2/h43,45,92-97,105-112,115-116,124-125H,8-42,44,46-91H2,1-7H3,(H,113,117)(H,114,118)(H2,126,127,128)/b45-43-/t92?,93?,94?,95?,96?,97?,105-,106-,107?,108+,109?,110?,111+,112?/m0/s1. The van der Waals surface area contributed by atoms with Gasteiger partial charge in [0.1, 0.15) is 54.8 Å². The first kappa shape index (κ1) is 130. The van der Waals surface area contributed by atoms with Crippen molar-refractivity contribution in [2.24, 2.45) is 0 Å². The second-order valence-electron chi connectivity index (χ2n) is 40.7. The van der Waals surface area contributed by atoms with Gasteiger partial charge in [-0.05, 0) is 89.9 Å². The minimum Gasteiger partial charge on any atom is -0.462 e. The Kier molecular flexibility index (Phi) is 85.1. The molecule has 0 aromatic rings. The van der Waals surface area contributed by atoms with Crippen LogP contribution < -0.4 is 10.6 Å². The predicted molar refractivity (Wildman–Crippen MR) is 553 cm³/mol. The minimum atomic E-state index is -5.68. The lowest BCUT2D eigenvalue weighted by atomic mass is 9.95. The molecule has 0 aromatic heterocycles. The summed E-state index contributed by atoms with van der Waals surface area (Å²) in [5, 5.41) is 53.4. The van der Waals surface area contributed by atoms with Gasteiger partial charge >= 0.3 is 37.7 Å². The van der Waals surface area contributed by atoms with Crippen LogP contribution in [0.4, 0.5) is 0 Å². The number of hydrogen-bond acceptors (Lipinski definition) is 21. The lowest BCUT2D eigenvalue weighted by Gasteiger charge is -2.46. The van der Waals surface area contributed by atoms with E-state index in [-0.39, 0.29) is 25.7 Å². The number of allylic oxidation sites excluding steroid dienone is 2. The maximum atomic E-state index is 15.2. The van der Waals surface area contributed by atoms with Gasteiger partial charge in [0.15, 0.2) is 24.8 Å². The minimum absolute atomic E-state index is 0.126. The summed E-state index contributed by atoms with van der Waals surface area (Å²) < 4.78 is 68.8. The Hall–Kier alpha value is -4.14. The number of amides is 2. The van der Waals surface area contributed by atoms with Gasteiger partial charge in [-0.2, -0.15) is 0 Å². The van der Waals surface area contributed by atoms with Gasteiger partial charge in [-0.15, -0.1) is 0 Å². The molecule has 0 bridgehead atoms. The Balaban J connectivity index is 2.83. The van der Waals surface area contributed by atoms with Gasteiger partial charge in [-0.25, -0.2) is 4.57 Å². The maximum Gasteiger partial charge on any atom is 0.472 e. The predicted octanol–water partition coefficient (Wildman–Crippen LogP) is 27.1. The molecule has 810 valence electrons. The van der Waals surface area contributed by atoms with Crippen molar-refractivity contribution in [2.75, 3.05) is 13.2 Å². The monoisotopic (exact) mass is 1980 g/mol. The SMILES string of the molecule is CCCCCC/C=C\CCCCCCCC(=O)OC(CCCCCCCCCCC)CC(=O)N[C@H]1C(OC(=O)CC(CCCCCCCCCCC)OC(=O)CCCCCCCCCCC)C(O)C(CO)O[C@H]1OCC1OC(OP(=O)(O)O)[C@@H](NC(=O)CC(CCCCCCCCCCC)OC(=O)CCCCCCCCCCCCCCC)C(OC(=O)CC(O)CCCCCCCCCCC)[C@@H]1O. The van der Waals surface area contributed by atoms with Crippen molar-refractivity contribution in [2.45, 2.75) is 648 Å². The van der Waals surface area contributed by atoms with E-state index in [9.17, 15) is 63.5 Å². The number of phosphoric ester groups is 1. The van der Waals surface area contributed by atoms with E-state index < -0.39 is 174 Å². The van der Waals surface area contributed by atoms with Crippen molar-refractivity contribution in [3.8, 4) is 0 Å². The van der Waals surface area contributed by atoms with Crippen LogP contribution in [0.3, 0.4) is 0 Å². The zero-order chi connectivity index (χ0) is 101. The fourth-order valence-corrected chi connectivity index (χ4v) is 19.4. The summed E-state index contributed by atoms with van der Waals surface area (Å²) in [5.41, 5.74) is 0. The van der Waals surface area contributed by atoms with E-state index in [0.717, 1.165) is 244 Å². The lowest BCUT2D eigenvalue weighted by Crippen LogP contribution is -2.67. The number of carbonyl (C=O) groups is 7. The van der Waals surface area contributed by atoms with E-state index in [4.69, 9.17) is 42.4 Å². The van der Waals surface area contributed by atoms with E-state index in [0.29, 0.717) is 64.2 Å². The van der Waals surface area contributed by atoms with Crippen molar-refractivity contribution < 1.29 is 111 Å². The highest BCUT2D eigenvalue weighted by Gasteiger charge is 2.54. The highest BCUT2D eigenvalue weighted by atomic mass is 31.2. The second kappa shape index (κ2) is 90.4. The number of carbonyl (C=O) groups excluding carboxylic acids is 7. The van der Waals surface area contributed by atoms with Crippen LogP contribution in [-0.2, 0) is 80.5 Å². The van der Waals surface area contributed by atoms with Crippen molar-refractivity contribution in [3.63, 3.8) is 0 Å². The number of rotatable bonds is 98. The lowest BCUT2D eigenvalue weighted by molar-refractivity contribution is -0.298. The number of nitrogens with one attached hydrogen (secondary N) is 2. The molecule has 0 spiro atoms. The molecule has 26 heteroatoms. The summed E-state index contributed by atoms with van der Waals surface area (Å²) in [4.78, 5) is 123. The molecule has 2 aliphatic rings. The van der Waals surface area contributed by atoms with Crippen LogP contribution in [0.15, 0.2) is 12.2 Å². The molecule has 2 fully saturated rings. The van der Waals surface area contributed by atoms with Crippen LogP contribution in [0.5, 0.6) is 0 Å². The molecule has 2 saturated heterocycles.